The van der Waals surface area contributed by atoms with Gasteiger partial charge >= 0.3 is 0 Å². The maximum absolute atomic E-state index is 5.35. The van der Waals surface area contributed by atoms with E-state index >= 15 is 0 Å². The zero-order valence-electron chi connectivity index (χ0n) is 9.13. The van der Waals surface area contributed by atoms with Crippen molar-refractivity contribution >= 4 is 0 Å². The molecule has 1 aliphatic rings. The Bertz CT molecular complexity index is 305. The Morgan fingerprint density at radius 2 is 2.29 bits per heavy atom. The fourth-order valence-corrected chi connectivity index (χ4v) is 1.74. The van der Waals surface area contributed by atoms with E-state index in [1.165, 1.54) is 12.8 Å². The van der Waals surface area contributed by atoms with Gasteiger partial charge in [0.05, 0.1) is 6.04 Å². The topological polar surface area (TPSA) is 38.1 Å². The highest BCUT2D eigenvalue weighted by Gasteiger charge is 2.24. The van der Waals surface area contributed by atoms with Crippen LogP contribution in [-0.4, -0.2) is 11.7 Å². The summed E-state index contributed by atoms with van der Waals surface area (Å²) in [6.07, 6.45) is 2.42. The van der Waals surface area contributed by atoms with Crippen molar-refractivity contribution < 1.29 is 4.52 Å². The fourth-order valence-electron chi connectivity index (χ4n) is 1.74. The first kappa shape index (κ1) is 9.71. The number of hydrogen-bond donors (Lipinski definition) is 1. The Kier molecular flexibility index (Phi) is 2.35. The summed E-state index contributed by atoms with van der Waals surface area (Å²) < 4.78 is 5.35. The Hall–Kier alpha value is -0.830. The highest BCUT2D eigenvalue weighted by molar-refractivity contribution is 5.16. The largest absolute Gasteiger partial charge is 0.361 e. The smallest absolute Gasteiger partial charge is 0.142 e. The third-order valence-corrected chi connectivity index (χ3v) is 2.68. The van der Waals surface area contributed by atoms with Crippen molar-refractivity contribution in [3.8, 4) is 0 Å². The molecule has 1 saturated heterocycles. The molecule has 0 aromatic carbocycles. The highest BCUT2D eigenvalue weighted by Crippen LogP contribution is 2.27. The van der Waals surface area contributed by atoms with Crippen molar-refractivity contribution in [1.29, 1.82) is 0 Å². The Morgan fingerprint density at radius 1 is 1.50 bits per heavy atom. The summed E-state index contributed by atoms with van der Waals surface area (Å²) in [6.45, 7) is 7.51. The molecule has 0 bridgehead atoms. The van der Waals surface area contributed by atoms with Gasteiger partial charge in [-0.3, -0.25) is 0 Å². The van der Waals surface area contributed by atoms with Crippen LogP contribution in [0.1, 0.15) is 51.1 Å². The van der Waals surface area contributed by atoms with Crippen LogP contribution in [0.5, 0.6) is 0 Å². The van der Waals surface area contributed by atoms with Gasteiger partial charge in [-0.2, -0.15) is 0 Å². The molecular weight excluding hydrogens is 176 g/mol. The maximum atomic E-state index is 5.35. The lowest BCUT2D eigenvalue weighted by molar-refractivity contribution is 0.322. The van der Waals surface area contributed by atoms with E-state index in [1.807, 2.05) is 0 Å². The number of rotatable bonds is 1. The monoisotopic (exact) mass is 194 g/mol. The summed E-state index contributed by atoms with van der Waals surface area (Å²) in [6, 6.07) is 2.50. The van der Waals surface area contributed by atoms with Crippen LogP contribution in [0.25, 0.3) is 0 Å². The van der Waals surface area contributed by atoms with Crippen molar-refractivity contribution in [3.05, 3.63) is 17.5 Å². The van der Waals surface area contributed by atoms with Gasteiger partial charge in [-0.05, 0) is 19.4 Å². The van der Waals surface area contributed by atoms with E-state index in [4.69, 9.17) is 4.52 Å². The molecular formula is C11H18N2O. The van der Waals surface area contributed by atoms with Gasteiger partial charge < -0.3 is 9.84 Å². The van der Waals surface area contributed by atoms with E-state index in [0.29, 0.717) is 6.04 Å². The van der Waals surface area contributed by atoms with Gasteiger partial charge in [0.2, 0.25) is 0 Å². The van der Waals surface area contributed by atoms with Crippen LogP contribution in [0.2, 0.25) is 0 Å². The average Bonchev–Trinajstić information content (AvgIpc) is 2.73. The molecule has 0 aliphatic carbocycles. The van der Waals surface area contributed by atoms with E-state index in [9.17, 15) is 0 Å². The molecule has 0 amide bonds. The zero-order chi connectivity index (χ0) is 10.2. The number of hydrogen-bond acceptors (Lipinski definition) is 3. The summed E-state index contributed by atoms with van der Waals surface area (Å²) in [4.78, 5) is 0. The number of aromatic nitrogens is 1. The van der Waals surface area contributed by atoms with Crippen LogP contribution < -0.4 is 5.32 Å². The van der Waals surface area contributed by atoms with Gasteiger partial charge in [-0.25, -0.2) is 0 Å². The maximum Gasteiger partial charge on any atom is 0.142 e. The van der Waals surface area contributed by atoms with Crippen LogP contribution in [0, 0.1) is 0 Å². The summed E-state index contributed by atoms with van der Waals surface area (Å²) in [5.41, 5.74) is 1.12. The minimum Gasteiger partial charge on any atom is -0.361 e. The quantitative estimate of drug-likeness (QED) is 0.746. The van der Waals surface area contributed by atoms with Crippen LogP contribution in [0.4, 0.5) is 0 Å². The Balaban J connectivity index is 2.17. The molecule has 14 heavy (non-hydrogen) atoms. The normalized spacial score (nSPS) is 22.9. The molecule has 2 rings (SSSR count). The van der Waals surface area contributed by atoms with E-state index in [-0.39, 0.29) is 5.41 Å². The molecule has 0 unspecified atom stereocenters. The van der Waals surface area contributed by atoms with Gasteiger partial charge in [0.15, 0.2) is 0 Å². The third kappa shape index (κ3) is 1.82. The van der Waals surface area contributed by atoms with E-state index in [1.54, 1.807) is 0 Å². The molecule has 3 heteroatoms. The minimum absolute atomic E-state index is 0.0594. The summed E-state index contributed by atoms with van der Waals surface area (Å²) in [5, 5.41) is 7.54. The molecule has 1 aliphatic heterocycles. The van der Waals surface area contributed by atoms with Crippen molar-refractivity contribution in [2.75, 3.05) is 6.54 Å². The second kappa shape index (κ2) is 3.39. The standard InChI is InChI=1S/C11H18N2O/c1-11(2,3)10-7-9(13-14-10)8-5-4-6-12-8/h7-8,12H,4-6H2,1-3H3/t8-/m0/s1. The summed E-state index contributed by atoms with van der Waals surface area (Å²) in [7, 11) is 0. The lowest BCUT2D eigenvalue weighted by Gasteiger charge is -2.12. The van der Waals surface area contributed by atoms with E-state index in [0.717, 1.165) is 18.0 Å². The fraction of sp³-hybridized carbons (Fsp3) is 0.727. The van der Waals surface area contributed by atoms with Crippen LogP contribution in [0.3, 0.4) is 0 Å². The van der Waals surface area contributed by atoms with Gasteiger partial charge in [0.25, 0.3) is 0 Å². The van der Waals surface area contributed by atoms with Gasteiger partial charge in [-0.15, -0.1) is 0 Å². The predicted molar refractivity (Wildman–Crippen MR) is 55.2 cm³/mol. The molecule has 1 aromatic rings. The molecule has 1 fully saturated rings. The Labute approximate surface area is 84.9 Å². The van der Waals surface area contributed by atoms with Gasteiger partial charge in [0, 0.05) is 11.5 Å². The lowest BCUT2D eigenvalue weighted by Crippen LogP contribution is -2.13. The molecule has 78 valence electrons. The van der Waals surface area contributed by atoms with Crippen molar-refractivity contribution in [1.82, 2.24) is 10.5 Å². The third-order valence-electron chi connectivity index (χ3n) is 2.68. The van der Waals surface area contributed by atoms with Crippen LogP contribution in [-0.2, 0) is 5.41 Å². The number of nitrogens with one attached hydrogen (secondary N) is 1. The average molecular weight is 194 g/mol. The minimum atomic E-state index is 0.0594. The molecule has 3 nitrogen and oxygen atoms in total. The predicted octanol–water partition coefficient (Wildman–Crippen LogP) is 2.40. The second-order valence-electron chi connectivity index (χ2n) is 5.01. The molecule has 0 saturated carbocycles. The van der Waals surface area contributed by atoms with Gasteiger partial charge in [-0.1, -0.05) is 25.9 Å². The van der Waals surface area contributed by atoms with E-state index in [2.05, 4.69) is 37.3 Å². The highest BCUT2D eigenvalue weighted by atomic mass is 16.5. The molecule has 1 aromatic heterocycles. The summed E-state index contributed by atoms with van der Waals surface area (Å²) >= 11 is 0. The molecule has 1 N–H and O–H groups in total. The van der Waals surface area contributed by atoms with Crippen molar-refractivity contribution in [2.45, 2.75) is 45.1 Å². The first-order valence-corrected chi connectivity index (χ1v) is 5.28. The van der Waals surface area contributed by atoms with Crippen molar-refractivity contribution in [3.63, 3.8) is 0 Å². The zero-order valence-corrected chi connectivity index (χ0v) is 9.13. The molecule has 0 spiro atoms. The van der Waals surface area contributed by atoms with E-state index < -0.39 is 0 Å². The Morgan fingerprint density at radius 3 is 2.79 bits per heavy atom. The summed E-state index contributed by atoms with van der Waals surface area (Å²) in [5.74, 6) is 0.973. The first-order valence-electron chi connectivity index (χ1n) is 5.28. The van der Waals surface area contributed by atoms with Crippen LogP contribution >= 0.6 is 0 Å². The SMILES string of the molecule is CC(C)(C)c1cc([C@@H]2CCCN2)no1. The molecule has 1 atom stereocenters. The van der Waals surface area contributed by atoms with Crippen LogP contribution in [0.15, 0.2) is 10.6 Å². The second-order valence-corrected chi connectivity index (χ2v) is 5.01. The molecule has 2 heterocycles. The molecule has 0 radical (unpaired) electrons. The lowest BCUT2D eigenvalue weighted by atomic mass is 9.93. The number of nitrogens with zero attached hydrogens (tertiary/aromatic N) is 1. The van der Waals surface area contributed by atoms with Gasteiger partial charge in [0.1, 0.15) is 11.5 Å². The first-order chi connectivity index (χ1) is 6.57. The van der Waals surface area contributed by atoms with Crippen molar-refractivity contribution in [2.24, 2.45) is 0 Å².